The number of hydrogen-bond acceptors (Lipinski definition) is 5. The van der Waals surface area contributed by atoms with Gasteiger partial charge >= 0.3 is 5.97 Å². The lowest BCUT2D eigenvalue weighted by molar-refractivity contribution is 0.0696. The van der Waals surface area contributed by atoms with Gasteiger partial charge in [-0.05, 0) is 25.3 Å². The molecule has 2 fully saturated rings. The van der Waals surface area contributed by atoms with Gasteiger partial charge in [0.15, 0.2) is 0 Å². The molecule has 2 saturated heterocycles. The van der Waals surface area contributed by atoms with E-state index in [0.717, 1.165) is 45.6 Å². The standard InChI is InChI=1S/C15H20ClN3O3/c16-13-7-10(15(20)21)8-17-14(13)18-11-1-4-19(5-2-11)12-3-6-22-9-12/h7-8,11-12H,1-6,9H2,(H,17,18)(H,20,21). The average molecular weight is 326 g/mol. The van der Waals surface area contributed by atoms with Gasteiger partial charge in [-0.3, -0.25) is 4.90 Å². The molecule has 1 atom stereocenters. The molecule has 2 aliphatic rings. The Morgan fingerprint density at radius 1 is 1.41 bits per heavy atom. The number of carbonyl (C=O) groups is 1. The maximum atomic E-state index is 10.9. The minimum absolute atomic E-state index is 0.103. The molecule has 3 rings (SSSR count). The normalized spacial score (nSPS) is 23.6. The molecular weight excluding hydrogens is 306 g/mol. The first-order chi connectivity index (χ1) is 10.6. The number of likely N-dealkylation sites (tertiary alicyclic amines) is 1. The quantitative estimate of drug-likeness (QED) is 0.883. The zero-order chi connectivity index (χ0) is 15.5. The van der Waals surface area contributed by atoms with Crippen molar-refractivity contribution < 1.29 is 14.6 Å². The molecule has 22 heavy (non-hydrogen) atoms. The van der Waals surface area contributed by atoms with E-state index in [1.807, 2.05) is 0 Å². The number of ether oxygens (including phenoxy) is 1. The van der Waals surface area contributed by atoms with Crippen molar-refractivity contribution in [2.24, 2.45) is 0 Å². The Bertz CT molecular complexity index is 541. The number of halogens is 1. The largest absolute Gasteiger partial charge is 0.478 e. The van der Waals surface area contributed by atoms with Crippen molar-refractivity contribution in [1.82, 2.24) is 9.88 Å². The predicted molar refractivity (Wildman–Crippen MR) is 83.6 cm³/mol. The highest BCUT2D eigenvalue weighted by atomic mass is 35.5. The van der Waals surface area contributed by atoms with Crippen LogP contribution in [0.1, 0.15) is 29.6 Å². The fraction of sp³-hybridized carbons (Fsp3) is 0.600. The van der Waals surface area contributed by atoms with Crippen LogP contribution in [0.3, 0.4) is 0 Å². The van der Waals surface area contributed by atoms with Crippen molar-refractivity contribution in [3.05, 3.63) is 22.8 Å². The highest BCUT2D eigenvalue weighted by Gasteiger charge is 2.27. The Kier molecular flexibility index (Phi) is 4.81. The first-order valence-electron chi connectivity index (χ1n) is 7.60. The summed E-state index contributed by atoms with van der Waals surface area (Å²) in [6.07, 6.45) is 4.51. The van der Waals surface area contributed by atoms with Crippen LogP contribution in [0, 0.1) is 0 Å². The number of aromatic nitrogens is 1. The van der Waals surface area contributed by atoms with E-state index in [4.69, 9.17) is 21.4 Å². The van der Waals surface area contributed by atoms with E-state index in [2.05, 4.69) is 15.2 Å². The number of carboxylic acid groups (broad SMARTS) is 1. The summed E-state index contributed by atoms with van der Waals surface area (Å²) in [6, 6.07) is 2.32. The number of piperidine rings is 1. The van der Waals surface area contributed by atoms with Crippen molar-refractivity contribution in [2.45, 2.75) is 31.3 Å². The Morgan fingerprint density at radius 2 is 2.18 bits per heavy atom. The van der Waals surface area contributed by atoms with E-state index >= 15 is 0 Å². The van der Waals surface area contributed by atoms with Gasteiger partial charge in [-0.1, -0.05) is 11.6 Å². The third-order valence-electron chi connectivity index (χ3n) is 4.38. The van der Waals surface area contributed by atoms with Gasteiger partial charge in [0.2, 0.25) is 0 Å². The molecule has 1 unspecified atom stereocenters. The molecule has 120 valence electrons. The summed E-state index contributed by atoms with van der Waals surface area (Å²) in [4.78, 5) is 17.5. The smallest absolute Gasteiger partial charge is 0.337 e. The summed E-state index contributed by atoms with van der Waals surface area (Å²) in [5.74, 6) is -0.456. The molecule has 2 aliphatic heterocycles. The van der Waals surface area contributed by atoms with E-state index in [-0.39, 0.29) is 5.56 Å². The summed E-state index contributed by atoms with van der Waals surface area (Å²) in [6.45, 7) is 3.80. The first kappa shape index (κ1) is 15.5. The third-order valence-corrected chi connectivity index (χ3v) is 4.67. The second-order valence-electron chi connectivity index (χ2n) is 5.83. The first-order valence-corrected chi connectivity index (χ1v) is 7.98. The van der Waals surface area contributed by atoms with E-state index < -0.39 is 5.97 Å². The number of pyridine rings is 1. The summed E-state index contributed by atoms with van der Waals surface area (Å²) >= 11 is 6.11. The van der Waals surface area contributed by atoms with Crippen molar-refractivity contribution in [2.75, 3.05) is 31.6 Å². The molecular formula is C15H20ClN3O3. The summed E-state index contributed by atoms with van der Waals surface area (Å²) in [5, 5.41) is 12.6. The maximum Gasteiger partial charge on any atom is 0.337 e. The highest BCUT2D eigenvalue weighted by Crippen LogP contribution is 2.25. The van der Waals surface area contributed by atoms with Gasteiger partial charge in [-0.15, -0.1) is 0 Å². The molecule has 0 radical (unpaired) electrons. The summed E-state index contributed by atoms with van der Waals surface area (Å²) < 4.78 is 5.45. The Morgan fingerprint density at radius 3 is 2.77 bits per heavy atom. The lowest BCUT2D eigenvalue weighted by Crippen LogP contribution is -2.45. The van der Waals surface area contributed by atoms with Crippen LogP contribution in [0.15, 0.2) is 12.3 Å². The third kappa shape index (κ3) is 3.51. The fourth-order valence-electron chi connectivity index (χ4n) is 3.07. The van der Waals surface area contributed by atoms with Crippen LogP contribution in [0.2, 0.25) is 5.02 Å². The Labute approximate surface area is 134 Å². The van der Waals surface area contributed by atoms with Gasteiger partial charge in [0, 0.05) is 38.0 Å². The van der Waals surface area contributed by atoms with Gasteiger partial charge in [0.25, 0.3) is 0 Å². The number of hydrogen-bond donors (Lipinski definition) is 2. The van der Waals surface area contributed by atoms with Crippen molar-refractivity contribution in [1.29, 1.82) is 0 Å². The van der Waals surface area contributed by atoms with Gasteiger partial charge < -0.3 is 15.2 Å². The van der Waals surface area contributed by atoms with Gasteiger partial charge in [0.1, 0.15) is 5.82 Å². The fourth-order valence-corrected chi connectivity index (χ4v) is 3.29. The van der Waals surface area contributed by atoms with Crippen molar-refractivity contribution in [3.63, 3.8) is 0 Å². The Hall–Kier alpha value is -1.37. The average Bonchev–Trinajstić information content (AvgIpc) is 3.04. The zero-order valence-electron chi connectivity index (χ0n) is 12.3. The molecule has 3 heterocycles. The lowest BCUT2D eigenvalue weighted by atomic mass is 10.0. The van der Waals surface area contributed by atoms with Crippen LogP contribution in [-0.2, 0) is 4.74 Å². The summed E-state index contributed by atoms with van der Waals surface area (Å²) in [5.41, 5.74) is 0.103. The number of nitrogens with one attached hydrogen (secondary N) is 1. The number of aromatic carboxylic acids is 1. The van der Waals surface area contributed by atoms with Crippen LogP contribution < -0.4 is 5.32 Å². The van der Waals surface area contributed by atoms with Crippen LogP contribution in [-0.4, -0.2) is 59.3 Å². The molecule has 0 spiro atoms. The molecule has 6 nitrogen and oxygen atoms in total. The van der Waals surface area contributed by atoms with Gasteiger partial charge in [0.05, 0.1) is 17.2 Å². The molecule has 2 N–H and O–H groups in total. The molecule has 0 saturated carbocycles. The second kappa shape index (κ2) is 6.81. The maximum absolute atomic E-state index is 10.9. The van der Waals surface area contributed by atoms with E-state index in [1.165, 1.54) is 12.3 Å². The number of anilines is 1. The van der Waals surface area contributed by atoms with Crippen molar-refractivity contribution in [3.8, 4) is 0 Å². The highest BCUT2D eigenvalue weighted by molar-refractivity contribution is 6.33. The molecule has 0 aliphatic carbocycles. The van der Waals surface area contributed by atoms with Gasteiger partial charge in [-0.25, -0.2) is 9.78 Å². The molecule has 0 bridgehead atoms. The van der Waals surface area contributed by atoms with Crippen LogP contribution in [0.5, 0.6) is 0 Å². The van der Waals surface area contributed by atoms with E-state index in [9.17, 15) is 4.79 Å². The monoisotopic (exact) mass is 325 g/mol. The molecule has 1 aromatic heterocycles. The number of nitrogens with zero attached hydrogens (tertiary/aromatic N) is 2. The van der Waals surface area contributed by atoms with Gasteiger partial charge in [-0.2, -0.15) is 0 Å². The molecule has 0 aromatic carbocycles. The second-order valence-corrected chi connectivity index (χ2v) is 6.24. The predicted octanol–water partition coefficient (Wildman–Crippen LogP) is 2.10. The molecule has 7 heteroatoms. The minimum atomic E-state index is -1.02. The van der Waals surface area contributed by atoms with Crippen molar-refractivity contribution >= 4 is 23.4 Å². The lowest BCUT2D eigenvalue weighted by Gasteiger charge is -2.35. The van der Waals surface area contributed by atoms with Crippen LogP contribution >= 0.6 is 11.6 Å². The summed E-state index contributed by atoms with van der Waals surface area (Å²) in [7, 11) is 0. The van der Waals surface area contributed by atoms with E-state index in [0.29, 0.717) is 22.9 Å². The van der Waals surface area contributed by atoms with E-state index in [1.54, 1.807) is 0 Å². The SMILES string of the molecule is O=C(O)c1cnc(NC2CCN(C3CCOC3)CC2)c(Cl)c1. The number of carboxylic acids is 1. The molecule has 1 aromatic rings. The zero-order valence-corrected chi connectivity index (χ0v) is 13.1. The van der Waals surface area contributed by atoms with Crippen LogP contribution in [0.25, 0.3) is 0 Å². The van der Waals surface area contributed by atoms with Crippen LogP contribution in [0.4, 0.5) is 5.82 Å². The topological polar surface area (TPSA) is 74.7 Å². The Balaban J connectivity index is 1.55. The molecule has 0 amide bonds. The number of rotatable bonds is 4. The minimum Gasteiger partial charge on any atom is -0.478 e.